The highest BCUT2D eigenvalue weighted by Crippen LogP contribution is 2.27. The summed E-state index contributed by atoms with van der Waals surface area (Å²) in [7, 11) is 2.99. The number of allylic oxidation sites excluding steroid dienone is 2. The molecule has 90 valence electrons. The van der Waals surface area contributed by atoms with Crippen LogP contribution in [0.4, 0.5) is 0 Å². The van der Waals surface area contributed by atoms with Gasteiger partial charge in [-0.15, -0.1) is 9.24 Å². The minimum atomic E-state index is 1.30. The van der Waals surface area contributed by atoms with Crippen LogP contribution in [0, 0.1) is 0 Å². The zero-order valence-corrected chi connectivity index (χ0v) is 12.1. The van der Waals surface area contributed by atoms with Gasteiger partial charge in [0.25, 0.3) is 0 Å². The van der Waals surface area contributed by atoms with Crippen LogP contribution >= 0.6 is 9.24 Å². The minimum absolute atomic E-state index is 1.30. The molecule has 0 saturated heterocycles. The van der Waals surface area contributed by atoms with Crippen LogP contribution in [-0.4, -0.2) is 0 Å². The Bertz CT molecular complexity index is 160. The lowest BCUT2D eigenvalue weighted by Gasteiger charge is -2.11. The van der Waals surface area contributed by atoms with E-state index in [4.69, 9.17) is 0 Å². The molecule has 0 bridgehead atoms. The van der Waals surface area contributed by atoms with Gasteiger partial charge in [-0.3, -0.25) is 0 Å². The van der Waals surface area contributed by atoms with Crippen molar-refractivity contribution in [3.63, 3.8) is 0 Å². The fourth-order valence-electron chi connectivity index (χ4n) is 1.77. The van der Waals surface area contributed by atoms with Gasteiger partial charge < -0.3 is 0 Å². The average molecular weight is 228 g/mol. The molecule has 0 aliphatic heterocycles. The summed E-state index contributed by atoms with van der Waals surface area (Å²) in [6, 6.07) is 0. The summed E-state index contributed by atoms with van der Waals surface area (Å²) in [4.78, 5) is 0. The predicted octanol–water partition coefficient (Wildman–Crippen LogP) is 5.69. The lowest BCUT2D eigenvalue weighted by atomic mass is 10.0. The smallest absolute Gasteiger partial charge is 0.0280 e. The Morgan fingerprint density at radius 2 is 1.13 bits per heavy atom. The quantitative estimate of drug-likeness (QED) is 0.445. The Morgan fingerprint density at radius 3 is 1.53 bits per heavy atom. The van der Waals surface area contributed by atoms with Gasteiger partial charge in [0.2, 0.25) is 0 Å². The monoisotopic (exact) mass is 228 g/mol. The van der Waals surface area contributed by atoms with E-state index < -0.39 is 0 Å². The van der Waals surface area contributed by atoms with Crippen molar-refractivity contribution < 1.29 is 0 Å². The molecule has 1 heteroatoms. The second-order valence-corrected chi connectivity index (χ2v) is 5.14. The summed E-state index contributed by atoms with van der Waals surface area (Å²) in [6.45, 7) is 6.84. The first-order chi connectivity index (χ1) is 7.26. The van der Waals surface area contributed by atoms with Gasteiger partial charge in [-0.05, 0) is 38.5 Å². The van der Waals surface area contributed by atoms with Crippen LogP contribution in [0.1, 0.15) is 78.6 Å². The molecular formula is C14H29P. The average Bonchev–Trinajstić information content (AvgIpc) is 2.26. The van der Waals surface area contributed by atoms with Crippen molar-refractivity contribution in [1.82, 2.24) is 0 Å². The molecule has 1 atom stereocenters. The Morgan fingerprint density at radius 1 is 0.733 bits per heavy atom. The van der Waals surface area contributed by atoms with Crippen molar-refractivity contribution in [2.24, 2.45) is 0 Å². The van der Waals surface area contributed by atoms with E-state index in [0.717, 1.165) is 0 Å². The van der Waals surface area contributed by atoms with Gasteiger partial charge in [-0.2, -0.15) is 0 Å². The van der Waals surface area contributed by atoms with Gasteiger partial charge in [-0.25, -0.2) is 0 Å². The van der Waals surface area contributed by atoms with Crippen molar-refractivity contribution in [2.45, 2.75) is 78.6 Å². The Hall–Kier alpha value is 0.170. The maximum Gasteiger partial charge on any atom is -0.0280 e. The molecule has 0 aromatic carbocycles. The Kier molecular flexibility index (Phi) is 10.8. The van der Waals surface area contributed by atoms with Crippen LogP contribution in [0.5, 0.6) is 0 Å². The van der Waals surface area contributed by atoms with Gasteiger partial charge in [0.15, 0.2) is 0 Å². The van der Waals surface area contributed by atoms with Crippen LogP contribution in [0.2, 0.25) is 0 Å². The summed E-state index contributed by atoms with van der Waals surface area (Å²) in [5.41, 5.74) is 1.73. The van der Waals surface area contributed by atoms with Crippen molar-refractivity contribution in [3.8, 4) is 0 Å². The molecule has 0 heterocycles. The van der Waals surface area contributed by atoms with E-state index in [1.807, 2.05) is 0 Å². The molecule has 0 aromatic rings. The molecule has 0 amide bonds. The van der Waals surface area contributed by atoms with E-state index in [0.29, 0.717) is 0 Å². The second kappa shape index (κ2) is 10.7. The van der Waals surface area contributed by atoms with Crippen molar-refractivity contribution in [1.29, 1.82) is 0 Å². The highest BCUT2D eigenvalue weighted by atomic mass is 31.0. The largest absolute Gasteiger partial charge is 0.110 e. The van der Waals surface area contributed by atoms with E-state index in [1.54, 1.807) is 10.9 Å². The molecular weight excluding hydrogens is 199 g/mol. The normalized spacial score (nSPS) is 10.4. The number of rotatable bonds is 9. The molecule has 0 radical (unpaired) electrons. The van der Waals surface area contributed by atoms with Gasteiger partial charge >= 0.3 is 0 Å². The van der Waals surface area contributed by atoms with Gasteiger partial charge in [0, 0.05) is 0 Å². The Balaban J connectivity index is 4.14. The molecule has 0 rings (SSSR count). The highest BCUT2D eigenvalue weighted by molar-refractivity contribution is 7.22. The maximum atomic E-state index is 2.99. The third kappa shape index (κ3) is 8.03. The predicted molar refractivity (Wildman–Crippen MR) is 75.3 cm³/mol. The van der Waals surface area contributed by atoms with Crippen molar-refractivity contribution in [2.75, 3.05) is 0 Å². The van der Waals surface area contributed by atoms with E-state index >= 15 is 0 Å². The number of unbranched alkanes of at least 4 members (excludes halogenated alkanes) is 3. The lowest BCUT2D eigenvalue weighted by molar-refractivity contribution is 0.699. The van der Waals surface area contributed by atoms with Gasteiger partial charge in [0.1, 0.15) is 0 Å². The molecule has 0 spiro atoms. The second-order valence-electron chi connectivity index (χ2n) is 4.44. The third-order valence-electron chi connectivity index (χ3n) is 2.92. The standard InChI is InChI=1S/C14H29P/c1-4-7-10-13(11-8-5-2)14(15)12-9-6-3/h4-12,15H2,1-3H3. The number of hydrogen-bond acceptors (Lipinski definition) is 0. The third-order valence-corrected chi connectivity index (χ3v) is 3.61. The number of hydrogen-bond donors (Lipinski definition) is 0. The van der Waals surface area contributed by atoms with Crippen molar-refractivity contribution >= 4 is 9.24 Å². The van der Waals surface area contributed by atoms with E-state index in [9.17, 15) is 0 Å². The molecule has 0 nitrogen and oxygen atoms in total. The summed E-state index contributed by atoms with van der Waals surface area (Å²) in [5, 5.41) is 1.61. The molecule has 0 aliphatic rings. The first kappa shape index (κ1) is 15.2. The zero-order valence-electron chi connectivity index (χ0n) is 10.9. The molecule has 0 aromatic heterocycles. The molecule has 15 heavy (non-hydrogen) atoms. The van der Waals surface area contributed by atoms with E-state index in [2.05, 4.69) is 30.0 Å². The fourth-order valence-corrected chi connectivity index (χ4v) is 2.26. The molecule has 0 saturated carbocycles. The van der Waals surface area contributed by atoms with Crippen LogP contribution in [0.25, 0.3) is 0 Å². The van der Waals surface area contributed by atoms with E-state index in [-0.39, 0.29) is 0 Å². The molecule has 0 N–H and O–H groups in total. The van der Waals surface area contributed by atoms with Gasteiger partial charge in [-0.1, -0.05) is 50.9 Å². The van der Waals surface area contributed by atoms with Crippen LogP contribution in [-0.2, 0) is 0 Å². The summed E-state index contributed by atoms with van der Waals surface area (Å²) < 4.78 is 0. The maximum absolute atomic E-state index is 2.99. The topological polar surface area (TPSA) is 0 Å². The van der Waals surface area contributed by atoms with Crippen LogP contribution < -0.4 is 0 Å². The lowest BCUT2D eigenvalue weighted by Crippen LogP contribution is -1.89. The summed E-state index contributed by atoms with van der Waals surface area (Å²) in [5.74, 6) is 0. The highest BCUT2D eigenvalue weighted by Gasteiger charge is 2.02. The SMILES string of the molecule is CCCCC(P)=C(CCCC)CCCC. The summed E-state index contributed by atoms with van der Waals surface area (Å²) in [6.07, 6.45) is 12.0. The van der Waals surface area contributed by atoms with E-state index in [1.165, 1.54) is 57.8 Å². The first-order valence-corrected chi connectivity index (χ1v) is 7.30. The van der Waals surface area contributed by atoms with Crippen LogP contribution in [0.15, 0.2) is 10.9 Å². The molecule has 1 unspecified atom stereocenters. The Labute approximate surface area is 99.1 Å². The first-order valence-electron chi connectivity index (χ1n) is 6.72. The minimum Gasteiger partial charge on any atom is -0.110 e. The van der Waals surface area contributed by atoms with Crippen molar-refractivity contribution in [3.05, 3.63) is 10.9 Å². The molecule has 0 fully saturated rings. The molecule has 0 aliphatic carbocycles. The van der Waals surface area contributed by atoms with Gasteiger partial charge in [0.05, 0.1) is 0 Å². The summed E-state index contributed by atoms with van der Waals surface area (Å²) >= 11 is 0. The van der Waals surface area contributed by atoms with Crippen LogP contribution in [0.3, 0.4) is 0 Å². The fraction of sp³-hybridized carbons (Fsp3) is 0.857. The zero-order chi connectivity index (χ0) is 11.5.